The van der Waals surface area contributed by atoms with Crippen molar-refractivity contribution in [3.05, 3.63) is 98.3 Å². The van der Waals surface area contributed by atoms with Crippen LogP contribution >= 0.6 is 23.5 Å². The second-order valence-corrected chi connectivity index (χ2v) is 17.5. The van der Waals surface area contributed by atoms with Gasteiger partial charge in [0.15, 0.2) is 0 Å². The number of hydrogen-bond acceptors (Lipinski definition) is 12. The Morgan fingerprint density at radius 2 is 1.60 bits per heavy atom. The molecule has 1 saturated carbocycles. The van der Waals surface area contributed by atoms with Crippen LogP contribution < -0.4 is 16.6 Å². The first-order valence-corrected chi connectivity index (χ1v) is 21.6. The molecule has 2 aromatic carbocycles. The van der Waals surface area contributed by atoms with E-state index in [0.717, 1.165) is 53.8 Å². The van der Waals surface area contributed by atoms with Crippen LogP contribution in [0, 0.1) is 17.8 Å². The molecule has 5 rings (SSSR count). The molecule has 1 saturated heterocycles. The van der Waals surface area contributed by atoms with E-state index in [-0.39, 0.29) is 30.2 Å². The molecule has 2 heterocycles. The maximum Gasteiger partial charge on any atom is 0.490 e. The van der Waals surface area contributed by atoms with Crippen molar-refractivity contribution >= 4 is 35.2 Å². The van der Waals surface area contributed by atoms with Crippen LogP contribution in [0.3, 0.4) is 0 Å². The average Bonchev–Trinajstić information content (AvgIpc) is 3.52. The van der Waals surface area contributed by atoms with Crippen LogP contribution in [0.2, 0.25) is 0 Å². The summed E-state index contributed by atoms with van der Waals surface area (Å²) in [6, 6.07) is 12.5. The number of nitrogens with zero attached hydrogens (tertiary/aromatic N) is 1. The number of nitrogens with one attached hydrogen (secondary N) is 2. The minimum Gasteiger partial charge on any atom is -0.443 e. The van der Waals surface area contributed by atoms with Crippen LogP contribution in [-0.2, 0) is 53.4 Å². The lowest BCUT2D eigenvalue weighted by atomic mass is 9.90. The molecule has 0 radical (unpaired) electrons. The quantitative estimate of drug-likeness (QED) is 0.0920. The van der Waals surface area contributed by atoms with E-state index in [4.69, 9.17) is 18.5 Å². The fourth-order valence-corrected chi connectivity index (χ4v) is 9.46. The van der Waals surface area contributed by atoms with Crippen molar-refractivity contribution in [3.8, 4) is 11.8 Å². The van der Waals surface area contributed by atoms with Crippen LogP contribution in [-0.4, -0.2) is 55.7 Å². The number of aromatic nitrogens is 2. The summed E-state index contributed by atoms with van der Waals surface area (Å²) in [7, 11) is -16.8. The molecule has 2 aliphatic rings. The number of benzene rings is 2. The van der Waals surface area contributed by atoms with Crippen LogP contribution in [0.1, 0.15) is 61.4 Å². The van der Waals surface area contributed by atoms with Gasteiger partial charge in [0.25, 0.3) is 5.56 Å². The predicted molar refractivity (Wildman–Crippen MR) is 192 cm³/mol. The highest BCUT2D eigenvalue weighted by molar-refractivity contribution is 7.66. The van der Waals surface area contributed by atoms with E-state index in [1.54, 1.807) is 30.3 Å². The van der Waals surface area contributed by atoms with Gasteiger partial charge in [0.1, 0.15) is 24.0 Å². The van der Waals surface area contributed by atoms with Gasteiger partial charge in [-0.25, -0.2) is 23.3 Å². The van der Waals surface area contributed by atoms with E-state index < -0.39 is 84.0 Å². The van der Waals surface area contributed by atoms with E-state index in [9.17, 15) is 55.9 Å². The lowest BCUT2D eigenvalue weighted by molar-refractivity contribution is -0.137. The molecule has 5 N–H and O–H groups in total. The number of rotatable bonds is 14. The zero-order valence-electron chi connectivity index (χ0n) is 29.6. The zero-order chi connectivity index (χ0) is 41.4. The molecule has 2 fully saturated rings. The molecule has 3 unspecified atom stereocenters. The van der Waals surface area contributed by atoms with Gasteiger partial charge >= 0.3 is 41.4 Å². The smallest absolute Gasteiger partial charge is 0.443 e. The predicted octanol–water partition coefficient (Wildman–Crippen LogP) is 6.00. The first-order valence-electron chi connectivity index (χ1n) is 17.2. The number of H-pyrrole nitrogens is 1. The molecule has 1 aliphatic heterocycles. The number of carbonyl (C=O) groups is 1. The lowest BCUT2D eigenvalue weighted by Crippen LogP contribution is -2.33. The second kappa shape index (κ2) is 18.8. The fraction of sp³-hybridized carbons (Fsp3) is 0.424. The Morgan fingerprint density at radius 3 is 2.26 bits per heavy atom. The summed E-state index contributed by atoms with van der Waals surface area (Å²) in [4.78, 5) is 70.6. The molecule has 57 heavy (non-hydrogen) atoms. The van der Waals surface area contributed by atoms with Crippen molar-refractivity contribution in [2.24, 2.45) is 5.92 Å². The van der Waals surface area contributed by atoms with Crippen molar-refractivity contribution in [2.45, 2.75) is 69.6 Å². The number of phosphoric ester groups is 2. The van der Waals surface area contributed by atoms with E-state index in [1.165, 1.54) is 0 Å². The first kappa shape index (κ1) is 44.2. The Bertz CT molecular complexity index is 2220. The first-order chi connectivity index (χ1) is 26.8. The van der Waals surface area contributed by atoms with Gasteiger partial charge in [0.2, 0.25) is 0 Å². The lowest BCUT2D eigenvalue weighted by Gasteiger charge is -2.23. The number of carbonyl (C=O) groups excluding carboxylic acids is 1. The van der Waals surface area contributed by atoms with Crippen LogP contribution in [0.15, 0.2) is 70.4 Å². The topological polar surface area (TPSA) is 251 Å². The molecule has 0 spiro atoms. The number of amides is 1. The summed E-state index contributed by atoms with van der Waals surface area (Å²) >= 11 is 0. The monoisotopic (exact) mass is 865 g/mol. The number of halogens is 3. The van der Waals surface area contributed by atoms with Gasteiger partial charge in [-0.3, -0.25) is 28.7 Å². The molecule has 3 aromatic rings. The van der Waals surface area contributed by atoms with Crippen LogP contribution in [0.5, 0.6) is 0 Å². The number of anilines is 1. The van der Waals surface area contributed by atoms with E-state index >= 15 is 0 Å². The summed E-state index contributed by atoms with van der Waals surface area (Å²) in [5, 5.41) is 2.11. The molecule has 6 atom stereocenters. The minimum atomic E-state index is -5.85. The normalized spacial score (nSPS) is 22.0. The summed E-state index contributed by atoms with van der Waals surface area (Å²) in [6.45, 7) is -1.40. The zero-order valence-corrected chi connectivity index (χ0v) is 32.3. The standard InChI is InChI=1S/C33H37F3N3O15P3/c34-33(35,36)25-15-8-16-26(17-25)37-32(42)52-27-18-29(39-19-24(30(40)38-31(39)41)14-7-13-22-9-3-1-4-10-22)51-28(27)21-50-56(45,46)54-57(47,48)53-55(43,44)49-20-23-11-5-2-6-12-23/h1,3-4,8-10,15-17,19,23,27-29H,2,5-6,11-13,18,20-21H2,(H,37,42)(H,43,44)(H,45,46)(H,47,48)(H,38,40,41)/t27-,28-,29-/m1/s1. The fourth-order valence-electron chi connectivity index (χ4n) is 5.87. The average molecular weight is 866 g/mol. The summed E-state index contributed by atoms with van der Waals surface area (Å²) < 4.78 is 107. The van der Waals surface area contributed by atoms with Gasteiger partial charge < -0.3 is 24.2 Å². The Kier molecular flexibility index (Phi) is 14.6. The molecule has 18 nitrogen and oxygen atoms in total. The van der Waals surface area contributed by atoms with Gasteiger partial charge in [0, 0.05) is 24.7 Å². The minimum absolute atomic E-state index is 0.127. The van der Waals surface area contributed by atoms with Crippen LogP contribution in [0.4, 0.5) is 23.7 Å². The van der Waals surface area contributed by atoms with Crippen molar-refractivity contribution < 1.29 is 73.5 Å². The highest BCUT2D eigenvalue weighted by atomic mass is 31.3. The van der Waals surface area contributed by atoms with E-state index in [1.807, 2.05) is 0 Å². The maximum atomic E-state index is 13.2. The van der Waals surface area contributed by atoms with Crippen molar-refractivity contribution in [1.29, 1.82) is 0 Å². The summed E-state index contributed by atoms with van der Waals surface area (Å²) in [6.07, 6.45) is -5.73. The van der Waals surface area contributed by atoms with Gasteiger partial charge in [-0.1, -0.05) is 67.5 Å². The Balaban J connectivity index is 1.30. The molecule has 24 heteroatoms. The van der Waals surface area contributed by atoms with E-state index in [0.29, 0.717) is 18.9 Å². The number of aromatic amines is 1. The number of hydrogen-bond donors (Lipinski definition) is 5. The summed E-state index contributed by atoms with van der Waals surface area (Å²) in [5.41, 5.74) is -2.62. The van der Waals surface area contributed by atoms with Gasteiger partial charge in [-0.2, -0.15) is 21.8 Å². The van der Waals surface area contributed by atoms with Gasteiger partial charge in [-0.15, -0.1) is 0 Å². The Hall–Kier alpha value is -3.89. The Labute approximate surface area is 322 Å². The third kappa shape index (κ3) is 13.6. The summed E-state index contributed by atoms with van der Waals surface area (Å²) in [5.74, 6) is 5.33. The number of phosphoric acid groups is 3. The SMILES string of the molecule is O=C(Nc1cccc(C(F)(F)F)c1)O[C@@H]1C[C@H](n2cc(C#CCc3ccccc3)c(=O)[nH]c2=O)O[C@@H]1COP(=O)(O)OP(=O)(O)OP(=O)(O)OCC1CCCCC1. The molecule has 1 aliphatic carbocycles. The van der Waals surface area contributed by atoms with Gasteiger partial charge in [-0.05, 0) is 42.5 Å². The van der Waals surface area contributed by atoms with Gasteiger partial charge in [0.05, 0.1) is 18.8 Å². The van der Waals surface area contributed by atoms with Crippen molar-refractivity contribution in [1.82, 2.24) is 9.55 Å². The molecule has 0 bridgehead atoms. The highest BCUT2D eigenvalue weighted by Gasteiger charge is 2.45. The van der Waals surface area contributed by atoms with Crippen molar-refractivity contribution in [2.75, 3.05) is 18.5 Å². The van der Waals surface area contributed by atoms with E-state index in [2.05, 4.69) is 30.8 Å². The molecule has 310 valence electrons. The second-order valence-electron chi connectivity index (χ2n) is 12.9. The third-order valence-electron chi connectivity index (χ3n) is 8.52. The molecular weight excluding hydrogens is 828 g/mol. The Morgan fingerprint density at radius 1 is 0.930 bits per heavy atom. The van der Waals surface area contributed by atoms with Crippen molar-refractivity contribution in [3.63, 3.8) is 0 Å². The maximum absolute atomic E-state index is 13.2. The molecule has 1 amide bonds. The highest BCUT2D eigenvalue weighted by Crippen LogP contribution is 2.68. The largest absolute Gasteiger partial charge is 0.490 e. The number of ether oxygens (including phenoxy) is 2. The van der Waals surface area contributed by atoms with Crippen LogP contribution in [0.25, 0.3) is 0 Å². The molecule has 1 aromatic heterocycles. The third-order valence-corrected chi connectivity index (χ3v) is 12.8. The molecular formula is C33H37F3N3O15P3. The number of alkyl halides is 3.